The molecule has 8 nitrogen and oxygen atoms in total. The van der Waals surface area contributed by atoms with E-state index in [-0.39, 0.29) is 18.1 Å². The Morgan fingerprint density at radius 2 is 1.75 bits per heavy atom. The van der Waals surface area contributed by atoms with Crippen molar-refractivity contribution in [2.24, 2.45) is 0 Å². The third-order valence-corrected chi connectivity index (χ3v) is 5.19. The largest absolute Gasteiger partial charge is 0.490 e. The summed E-state index contributed by atoms with van der Waals surface area (Å²) in [6.45, 7) is 0.657. The van der Waals surface area contributed by atoms with Crippen molar-refractivity contribution in [2.45, 2.75) is 11.3 Å². The zero-order valence-corrected chi connectivity index (χ0v) is 15.9. The summed E-state index contributed by atoms with van der Waals surface area (Å²) in [5, 5.41) is 0. The van der Waals surface area contributed by atoms with Crippen LogP contribution in [0.1, 0.15) is 6.42 Å². The minimum absolute atomic E-state index is 0.0134. The van der Waals surface area contributed by atoms with Gasteiger partial charge in [-0.2, -0.15) is 4.72 Å². The van der Waals surface area contributed by atoms with E-state index in [1.165, 1.54) is 18.2 Å². The summed E-state index contributed by atoms with van der Waals surface area (Å²) in [6, 6.07) is 13.4. The van der Waals surface area contributed by atoms with Crippen molar-refractivity contribution in [1.29, 1.82) is 0 Å². The van der Waals surface area contributed by atoms with Crippen LogP contribution in [0.3, 0.4) is 0 Å². The quantitative estimate of drug-likeness (QED) is 0.526. The molecule has 3 rings (SSSR count). The van der Waals surface area contributed by atoms with E-state index in [2.05, 4.69) is 4.72 Å². The molecule has 0 amide bonds. The molecule has 1 aliphatic rings. The highest BCUT2D eigenvalue weighted by atomic mass is 32.2. The Morgan fingerprint density at radius 3 is 2.54 bits per heavy atom. The Morgan fingerprint density at radius 1 is 1.00 bits per heavy atom. The molecule has 2 aromatic rings. The minimum atomic E-state index is -3.89. The average Bonchev–Trinajstić information content (AvgIpc) is 2.95. The first-order valence-electron chi connectivity index (χ1n) is 8.77. The van der Waals surface area contributed by atoms with Crippen molar-refractivity contribution in [3.63, 3.8) is 0 Å². The number of carbonyl (C=O) groups excluding carboxylic acids is 1. The van der Waals surface area contributed by atoms with Crippen LogP contribution < -0.4 is 18.9 Å². The summed E-state index contributed by atoms with van der Waals surface area (Å²) >= 11 is 0. The van der Waals surface area contributed by atoms with E-state index >= 15 is 0 Å². The molecular weight excluding hydrogens is 386 g/mol. The van der Waals surface area contributed by atoms with Crippen molar-refractivity contribution in [2.75, 3.05) is 33.0 Å². The van der Waals surface area contributed by atoms with Crippen LogP contribution in [0.25, 0.3) is 0 Å². The monoisotopic (exact) mass is 407 g/mol. The summed E-state index contributed by atoms with van der Waals surface area (Å²) in [5.74, 6) is 0.818. The molecule has 0 bridgehead atoms. The zero-order chi connectivity index (χ0) is 19.8. The lowest BCUT2D eigenvalue weighted by molar-refractivity contribution is -0.142. The van der Waals surface area contributed by atoms with Gasteiger partial charge in [0.25, 0.3) is 0 Å². The summed E-state index contributed by atoms with van der Waals surface area (Å²) in [5.41, 5.74) is 0. The third-order valence-electron chi connectivity index (χ3n) is 3.79. The van der Waals surface area contributed by atoms with Crippen LogP contribution in [0.15, 0.2) is 53.4 Å². The highest BCUT2D eigenvalue weighted by Crippen LogP contribution is 2.31. The molecule has 9 heteroatoms. The van der Waals surface area contributed by atoms with Crippen LogP contribution in [0.2, 0.25) is 0 Å². The Kier molecular flexibility index (Phi) is 6.72. The third kappa shape index (κ3) is 5.61. The number of rotatable bonds is 8. The van der Waals surface area contributed by atoms with Crippen LogP contribution in [0.5, 0.6) is 17.2 Å². The fourth-order valence-corrected chi connectivity index (χ4v) is 3.41. The topological polar surface area (TPSA) is 100 Å². The van der Waals surface area contributed by atoms with E-state index in [1.807, 2.05) is 18.2 Å². The van der Waals surface area contributed by atoms with Crippen molar-refractivity contribution >= 4 is 16.0 Å². The Balaban J connectivity index is 1.46. The van der Waals surface area contributed by atoms with Gasteiger partial charge in [-0.1, -0.05) is 18.2 Å². The van der Waals surface area contributed by atoms with E-state index in [9.17, 15) is 13.2 Å². The van der Waals surface area contributed by atoms with Crippen molar-refractivity contribution in [1.82, 2.24) is 4.72 Å². The Bertz CT molecular complexity index is 900. The van der Waals surface area contributed by atoms with Gasteiger partial charge < -0.3 is 18.9 Å². The number of hydrogen-bond acceptors (Lipinski definition) is 7. The summed E-state index contributed by atoms with van der Waals surface area (Å²) in [7, 11) is -3.89. The summed E-state index contributed by atoms with van der Waals surface area (Å²) in [4.78, 5) is 11.7. The van der Waals surface area contributed by atoms with Crippen molar-refractivity contribution < 1.29 is 32.2 Å². The number of esters is 1. The fourth-order valence-electron chi connectivity index (χ4n) is 2.43. The number of sulfonamides is 1. The molecule has 0 aliphatic carbocycles. The van der Waals surface area contributed by atoms with E-state index in [4.69, 9.17) is 18.9 Å². The SMILES string of the molecule is O=C(CNS(=O)(=O)c1ccc2c(c1)OCCCO2)OCCOc1ccccc1. The van der Waals surface area contributed by atoms with Crippen molar-refractivity contribution in [3.8, 4) is 17.2 Å². The maximum Gasteiger partial charge on any atom is 0.321 e. The van der Waals surface area contributed by atoms with E-state index in [1.54, 1.807) is 12.1 Å². The first-order chi connectivity index (χ1) is 13.5. The lowest BCUT2D eigenvalue weighted by atomic mass is 10.3. The molecule has 150 valence electrons. The minimum Gasteiger partial charge on any atom is -0.490 e. The van der Waals surface area contributed by atoms with Gasteiger partial charge in [-0.25, -0.2) is 8.42 Å². The zero-order valence-electron chi connectivity index (χ0n) is 15.1. The van der Waals surface area contributed by atoms with Gasteiger partial charge in [0, 0.05) is 12.5 Å². The number of nitrogens with one attached hydrogen (secondary N) is 1. The number of benzene rings is 2. The van der Waals surface area contributed by atoms with Gasteiger partial charge in [0.2, 0.25) is 10.0 Å². The molecule has 0 fully saturated rings. The molecule has 1 N–H and O–H groups in total. The molecule has 0 unspecified atom stereocenters. The van der Waals surface area contributed by atoms with Gasteiger partial charge in [-0.05, 0) is 24.3 Å². The van der Waals surface area contributed by atoms with Crippen LogP contribution in [0.4, 0.5) is 0 Å². The van der Waals surface area contributed by atoms with E-state index in [0.717, 1.165) is 6.42 Å². The van der Waals surface area contributed by atoms with Gasteiger partial charge in [-0.3, -0.25) is 4.79 Å². The molecule has 1 aliphatic heterocycles. The highest BCUT2D eigenvalue weighted by Gasteiger charge is 2.20. The summed E-state index contributed by atoms with van der Waals surface area (Å²) in [6.07, 6.45) is 0.717. The second kappa shape index (κ2) is 9.43. The van der Waals surface area contributed by atoms with Gasteiger partial charge in [-0.15, -0.1) is 0 Å². The van der Waals surface area contributed by atoms with Crippen LogP contribution in [-0.2, 0) is 19.6 Å². The molecule has 0 saturated carbocycles. The van der Waals surface area contributed by atoms with Gasteiger partial charge in [0.15, 0.2) is 11.5 Å². The van der Waals surface area contributed by atoms with Gasteiger partial charge in [0.05, 0.1) is 18.1 Å². The number of para-hydroxylation sites is 1. The average molecular weight is 407 g/mol. The molecule has 0 spiro atoms. The van der Waals surface area contributed by atoms with Crippen molar-refractivity contribution in [3.05, 3.63) is 48.5 Å². The fraction of sp³-hybridized carbons (Fsp3) is 0.316. The molecule has 2 aromatic carbocycles. The molecule has 0 atom stereocenters. The standard InChI is InChI=1S/C19H21NO7S/c21-19(27-12-11-24-15-5-2-1-3-6-15)14-20-28(22,23)16-7-8-17-18(13-16)26-10-4-9-25-17/h1-3,5-8,13,20H,4,9-12,14H2. The maximum atomic E-state index is 12.4. The number of carbonyl (C=O) groups is 1. The van der Waals surface area contributed by atoms with Gasteiger partial charge >= 0.3 is 5.97 Å². The first kappa shape index (κ1) is 20.0. The normalized spacial score (nSPS) is 13.4. The number of hydrogen-bond donors (Lipinski definition) is 1. The predicted octanol–water partition coefficient (Wildman–Crippen LogP) is 1.75. The number of fused-ring (bicyclic) bond motifs is 1. The van der Waals surface area contributed by atoms with Gasteiger partial charge in [0.1, 0.15) is 25.5 Å². The molecule has 0 aromatic heterocycles. The molecule has 1 heterocycles. The Labute approximate surface area is 163 Å². The molecular formula is C19H21NO7S. The highest BCUT2D eigenvalue weighted by molar-refractivity contribution is 7.89. The molecule has 0 radical (unpaired) electrons. The Hall–Kier alpha value is -2.78. The second-order valence-electron chi connectivity index (χ2n) is 5.87. The van der Waals surface area contributed by atoms with Crippen LogP contribution in [-0.4, -0.2) is 47.4 Å². The molecule has 28 heavy (non-hydrogen) atoms. The number of ether oxygens (including phenoxy) is 4. The smallest absolute Gasteiger partial charge is 0.321 e. The van der Waals surface area contributed by atoms with E-state index in [0.29, 0.717) is 30.5 Å². The van der Waals surface area contributed by atoms with Crippen LogP contribution in [0, 0.1) is 0 Å². The first-order valence-corrected chi connectivity index (χ1v) is 10.3. The van der Waals surface area contributed by atoms with E-state index < -0.39 is 22.5 Å². The lowest BCUT2D eigenvalue weighted by Gasteiger charge is -2.11. The van der Waals surface area contributed by atoms with Crippen LogP contribution >= 0.6 is 0 Å². The maximum absolute atomic E-state index is 12.4. The second-order valence-corrected chi connectivity index (χ2v) is 7.63. The summed E-state index contributed by atoms with van der Waals surface area (Å²) < 4.78 is 48.3. The molecule has 0 saturated heterocycles. The lowest BCUT2D eigenvalue weighted by Crippen LogP contribution is -2.31. The predicted molar refractivity (Wildman–Crippen MR) is 100 cm³/mol.